The van der Waals surface area contributed by atoms with E-state index in [1.54, 1.807) is 18.2 Å². The Hall–Kier alpha value is -1.94. The molecule has 6 nitrogen and oxygen atoms in total. The molecule has 2 heterocycles. The van der Waals surface area contributed by atoms with Gasteiger partial charge in [-0.15, -0.1) is 0 Å². The number of benzene rings is 1. The van der Waals surface area contributed by atoms with Crippen molar-refractivity contribution in [1.82, 2.24) is 9.80 Å². The zero-order chi connectivity index (χ0) is 19.1. The number of anilines is 1. The van der Waals surface area contributed by atoms with Crippen LogP contribution in [0.25, 0.3) is 0 Å². The van der Waals surface area contributed by atoms with Crippen molar-refractivity contribution in [2.75, 3.05) is 44.6 Å². The third-order valence-corrected chi connectivity index (χ3v) is 5.62. The van der Waals surface area contributed by atoms with E-state index in [9.17, 15) is 4.79 Å². The first-order chi connectivity index (χ1) is 13.2. The van der Waals surface area contributed by atoms with Gasteiger partial charge in [-0.1, -0.05) is 18.6 Å². The van der Waals surface area contributed by atoms with Crippen molar-refractivity contribution in [3.63, 3.8) is 0 Å². The second-order valence-electron chi connectivity index (χ2n) is 7.50. The lowest BCUT2D eigenvalue weighted by Gasteiger charge is -2.27. The Balaban J connectivity index is 1.42. The van der Waals surface area contributed by atoms with Crippen LogP contribution < -0.4 is 5.32 Å². The molecule has 1 N–H and O–H groups in total. The molecule has 1 aromatic carbocycles. The van der Waals surface area contributed by atoms with Crippen LogP contribution in [-0.4, -0.2) is 67.2 Å². The quantitative estimate of drug-likeness (QED) is 0.798. The molecule has 6 heteroatoms. The van der Waals surface area contributed by atoms with Crippen LogP contribution in [0.3, 0.4) is 0 Å². The maximum Gasteiger partial charge on any atom is 0.241 e. The summed E-state index contributed by atoms with van der Waals surface area (Å²) in [6.45, 7) is 7.74. The lowest BCUT2D eigenvalue weighted by atomic mass is 10.1. The van der Waals surface area contributed by atoms with E-state index in [2.05, 4.69) is 21.2 Å². The molecule has 0 spiro atoms. The molecule has 2 saturated heterocycles. The molecule has 0 radical (unpaired) electrons. The SMILES string of the molecule is C[C@H](C(=O)Nc1ccccc1C#N)N1CC[C@H](OCCN2CCCCC2)C1. The highest BCUT2D eigenvalue weighted by molar-refractivity contribution is 5.95. The maximum absolute atomic E-state index is 12.6. The van der Waals surface area contributed by atoms with E-state index in [4.69, 9.17) is 10.00 Å². The van der Waals surface area contributed by atoms with Crippen LogP contribution in [0.1, 0.15) is 38.2 Å². The van der Waals surface area contributed by atoms with Crippen LogP contribution in [0.4, 0.5) is 5.69 Å². The largest absolute Gasteiger partial charge is 0.376 e. The highest BCUT2D eigenvalue weighted by atomic mass is 16.5. The molecule has 0 aliphatic carbocycles. The summed E-state index contributed by atoms with van der Waals surface area (Å²) in [6, 6.07) is 8.96. The number of piperidine rings is 1. The number of carbonyl (C=O) groups excluding carboxylic acids is 1. The van der Waals surface area contributed by atoms with Crippen LogP contribution >= 0.6 is 0 Å². The number of nitrogens with one attached hydrogen (secondary N) is 1. The van der Waals surface area contributed by atoms with Crippen LogP contribution in [0.2, 0.25) is 0 Å². The minimum absolute atomic E-state index is 0.0772. The van der Waals surface area contributed by atoms with E-state index >= 15 is 0 Å². The van der Waals surface area contributed by atoms with E-state index in [1.807, 2.05) is 13.0 Å². The van der Waals surface area contributed by atoms with Gasteiger partial charge in [-0.25, -0.2) is 0 Å². The summed E-state index contributed by atoms with van der Waals surface area (Å²) >= 11 is 0. The van der Waals surface area contributed by atoms with Crippen molar-refractivity contribution in [2.45, 2.75) is 44.8 Å². The van der Waals surface area contributed by atoms with E-state index in [0.29, 0.717) is 11.3 Å². The van der Waals surface area contributed by atoms with Gasteiger partial charge < -0.3 is 15.0 Å². The fraction of sp³-hybridized carbons (Fsp3) is 0.619. The minimum Gasteiger partial charge on any atom is -0.376 e. The predicted octanol–water partition coefficient (Wildman–Crippen LogP) is 2.46. The molecule has 0 saturated carbocycles. The number of nitriles is 1. The summed E-state index contributed by atoms with van der Waals surface area (Å²) in [4.78, 5) is 17.2. The molecular weight excluding hydrogens is 340 g/mol. The highest BCUT2D eigenvalue weighted by Crippen LogP contribution is 2.19. The Labute approximate surface area is 162 Å². The van der Waals surface area contributed by atoms with Gasteiger partial charge in [-0.05, 0) is 51.4 Å². The number of amides is 1. The Morgan fingerprint density at radius 3 is 2.85 bits per heavy atom. The van der Waals surface area contributed by atoms with Crippen LogP contribution in [0, 0.1) is 11.3 Å². The van der Waals surface area contributed by atoms with Gasteiger partial charge in [0.05, 0.1) is 30.0 Å². The Bertz CT molecular complexity index is 666. The first kappa shape index (κ1) is 19.8. The van der Waals surface area contributed by atoms with Crippen molar-refractivity contribution >= 4 is 11.6 Å². The average molecular weight is 370 g/mol. The molecule has 0 aromatic heterocycles. The second-order valence-corrected chi connectivity index (χ2v) is 7.50. The van der Waals surface area contributed by atoms with Crippen LogP contribution in [0.15, 0.2) is 24.3 Å². The Morgan fingerprint density at radius 2 is 2.07 bits per heavy atom. The number of hydrogen-bond donors (Lipinski definition) is 1. The normalized spacial score (nSPS) is 22.3. The first-order valence-corrected chi connectivity index (χ1v) is 10.1. The number of ether oxygens (including phenoxy) is 1. The van der Waals surface area contributed by atoms with Gasteiger partial charge in [0.15, 0.2) is 0 Å². The number of rotatable bonds is 7. The zero-order valence-electron chi connectivity index (χ0n) is 16.2. The fourth-order valence-corrected chi connectivity index (χ4v) is 3.87. The van der Waals surface area contributed by atoms with Gasteiger partial charge in [0.25, 0.3) is 0 Å². The molecule has 3 rings (SSSR count). The number of nitrogens with zero attached hydrogens (tertiary/aromatic N) is 3. The van der Waals surface area contributed by atoms with Crippen LogP contribution in [-0.2, 0) is 9.53 Å². The van der Waals surface area contributed by atoms with Crippen molar-refractivity contribution in [2.24, 2.45) is 0 Å². The van der Waals surface area contributed by atoms with E-state index < -0.39 is 0 Å². The number of hydrogen-bond acceptors (Lipinski definition) is 5. The van der Waals surface area contributed by atoms with Crippen molar-refractivity contribution < 1.29 is 9.53 Å². The topological polar surface area (TPSA) is 68.6 Å². The van der Waals surface area contributed by atoms with Gasteiger partial charge >= 0.3 is 0 Å². The molecule has 2 atom stereocenters. The molecule has 0 bridgehead atoms. The summed E-state index contributed by atoms with van der Waals surface area (Å²) in [5.41, 5.74) is 1.06. The van der Waals surface area contributed by atoms with Crippen molar-refractivity contribution in [3.8, 4) is 6.07 Å². The molecule has 2 aliphatic rings. The van der Waals surface area contributed by atoms with Gasteiger partial charge in [-0.3, -0.25) is 9.69 Å². The lowest BCUT2D eigenvalue weighted by Crippen LogP contribution is -2.41. The number of carbonyl (C=O) groups is 1. The molecule has 2 fully saturated rings. The third-order valence-electron chi connectivity index (χ3n) is 5.62. The molecule has 146 valence electrons. The number of likely N-dealkylation sites (tertiary alicyclic amines) is 2. The summed E-state index contributed by atoms with van der Waals surface area (Å²) in [5, 5.41) is 12.0. The van der Waals surface area contributed by atoms with E-state index in [-0.39, 0.29) is 18.1 Å². The highest BCUT2D eigenvalue weighted by Gasteiger charge is 2.30. The number of para-hydroxylation sites is 1. The minimum atomic E-state index is -0.243. The van der Waals surface area contributed by atoms with Gasteiger partial charge in [0, 0.05) is 19.6 Å². The predicted molar refractivity (Wildman–Crippen MR) is 105 cm³/mol. The van der Waals surface area contributed by atoms with Gasteiger partial charge in [-0.2, -0.15) is 5.26 Å². The first-order valence-electron chi connectivity index (χ1n) is 10.1. The van der Waals surface area contributed by atoms with Gasteiger partial charge in [0.2, 0.25) is 5.91 Å². The molecule has 27 heavy (non-hydrogen) atoms. The summed E-state index contributed by atoms with van der Waals surface area (Å²) in [6.07, 6.45) is 5.13. The smallest absolute Gasteiger partial charge is 0.241 e. The van der Waals surface area contributed by atoms with Crippen molar-refractivity contribution in [3.05, 3.63) is 29.8 Å². The van der Waals surface area contributed by atoms with Crippen molar-refractivity contribution in [1.29, 1.82) is 5.26 Å². The third kappa shape index (κ3) is 5.52. The zero-order valence-corrected chi connectivity index (χ0v) is 16.2. The molecule has 1 amide bonds. The summed E-state index contributed by atoms with van der Waals surface area (Å²) in [7, 11) is 0. The molecular formula is C21H30N4O2. The standard InChI is InChI=1S/C21H30N4O2/c1-17(21(26)23-20-8-4-3-7-18(20)15-22)25-12-9-19(16-25)27-14-13-24-10-5-2-6-11-24/h3-4,7-8,17,19H,2,5-6,9-14,16H2,1H3,(H,23,26)/t17-,19+/m1/s1. The molecule has 2 aliphatic heterocycles. The molecule has 0 unspecified atom stereocenters. The average Bonchev–Trinajstić information content (AvgIpc) is 3.17. The van der Waals surface area contributed by atoms with Crippen LogP contribution in [0.5, 0.6) is 0 Å². The van der Waals surface area contributed by atoms with E-state index in [0.717, 1.165) is 32.7 Å². The van der Waals surface area contributed by atoms with E-state index in [1.165, 1.54) is 32.4 Å². The Kier molecular flexibility index (Phi) is 7.22. The maximum atomic E-state index is 12.6. The lowest BCUT2D eigenvalue weighted by molar-refractivity contribution is -0.120. The monoisotopic (exact) mass is 370 g/mol. The second kappa shape index (κ2) is 9.84. The summed E-state index contributed by atoms with van der Waals surface area (Å²) in [5.74, 6) is -0.0772. The van der Waals surface area contributed by atoms with Gasteiger partial charge in [0.1, 0.15) is 6.07 Å². The summed E-state index contributed by atoms with van der Waals surface area (Å²) < 4.78 is 6.06. The Morgan fingerprint density at radius 1 is 1.30 bits per heavy atom. The molecule has 1 aromatic rings. The fourth-order valence-electron chi connectivity index (χ4n) is 3.87.